The minimum atomic E-state index is -0.371. The van der Waals surface area contributed by atoms with Crippen molar-refractivity contribution in [3.63, 3.8) is 0 Å². The summed E-state index contributed by atoms with van der Waals surface area (Å²) in [5, 5.41) is 3.41. The number of hydrogen-bond donors (Lipinski definition) is 1. The number of anilines is 2. The van der Waals surface area contributed by atoms with Crippen molar-refractivity contribution in [1.29, 1.82) is 0 Å². The van der Waals surface area contributed by atoms with Crippen LogP contribution in [0.5, 0.6) is 0 Å². The molecule has 1 fully saturated rings. The van der Waals surface area contributed by atoms with Crippen LogP contribution >= 0.6 is 0 Å². The molecule has 0 saturated carbocycles. The summed E-state index contributed by atoms with van der Waals surface area (Å²) in [4.78, 5) is 39.6. The summed E-state index contributed by atoms with van der Waals surface area (Å²) in [5.41, 5.74) is 3.22. The number of esters is 1. The molecule has 3 aromatic rings. The van der Waals surface area contributed by atoms with Gasteiger partial charge in [-0.1, -0.05) is 33.1 Å². The standard InChI is InChI=1S/C31H44N6O3/c1-4-6-21-36(22-7-5-2)29(38)27-17-16-26-28(33-27)37(23-11-20-35-18-9-8-10-19-35)31(34-26)32-25-14-12-24(13-15-25)30(39)40-3/h12-17H,4-11,18-23H2,1-3H3,(H,32,34). The molecule has 4 rings (SSSR count). The van der Waals surface area contributed by atoms with Crippen molar-refractivity contribution in [2.24, 2.45) is 0 Å². The summed E-state index contributed by atoms with van der Waals surface area (Å²) in [7, 11) is 1.37. The average molecular weight is 549 g/mol. The number of fused-ring (bicyclic) bond motifs is 1. The van der Waals surface area contributed by atoms with Gasteiger partial charge in [-0.2, -0.15) is 0 Å². The number of pyridine rings is 1. The molecule has 9 nitrogen and oxygen atoms in total. The van der Waals surface area contributed by atoms with E-state index in [1.807, 2.05) is 23.1 Å². The number of aromatic nitrogens is 3. The number of methoxy groups -OCH3 is 1. The van der Waals surface area contributed by atoms with Crippen molar-refractivity contribution in [3.8, 4) is 0 Å². The fraction of sp³-hybridized carbons (Fsp3) is 0.548. The van der Waals surface area contributed by atoms with Crippen LogP contribution in [-0.4, -0.2) is 76.0 Å². The smallest absolute Gasteiger partial charge is 0.337 e. The van der Waals surface area contributed by atoms with Gasteiger partial charge < -0.3 is 19.9 Å². The molecular formula is C31H44N6O3. The quantitative estimate of drug-likeness (QED) is 0.252. The fourth-order valence-corrected chi connectivity index (χ4v) is 5.17. The number of amides is 1. The number of piperidine rings is 1. The molecule has 0 unspecified atom stereocenters. The van der Waals surface area contributed by atoms with E-state index in [0.717, 1.165) is 82.6 Å². The van der Waals surface area contributed by atoms with Gasteiger partial charge in [0.2, 0.25) is 5.95 Å². The monoisotopic (exact) mass is 548 g/mol. The van der Waals surface area contributed by atoms with Gasteiger partial charge in [0.15, 0.2) is 5.65 Å². The number of nitrogens with one attached hydrogen (secondary N) is 1. The zero-order valence-electron chi connectivity index (χ0n) is 24.3. The molecule has 1 aliphatic rings. The number of hydrogen-bond acceptors (Lipinski definition) is 7. The number of nitrogens with zero attached hydrogens (tertiary/aromatic N) is 5. The van der Waals surface area contributed by atoms with Gasteiger partial charge in [-0.3, -0.25) is 9.36 Å². The highest BCUT2D eigenvalue weighted by atomic mass is 16.5. The third-order valence-electron chi connectivity index (χ3n) is 7.53. The second-order valence-corrected chi connectivity index (χ2v) is 10.6. The molecule has 1 aromatic carbocycles. The Labute approximate surface area is 237 Å². The molecule has 0 atom stereocenters. The molecule has 40 heavy (non-hydrogen) atoms. The first kappa shape index (κ1) is 29.5. The normalized spacial score (nSPS) is 13.9. The van der Waals surface area contributed by atoms with Crippen LogP contribution in [0.25, 0.3) is 11.2 Å². The molecule has 216 valence electrons. The average Bonchev–Trinajstić information content (AvgIpc) is 3.33. The van der Waals surface area contributed by atoms with Crippen molar-refractivity contribution in [2.75, 3.05) is 45.2 Å². The van der Waals surface area contributed by atoms with Crippen LogP contribution in [0.4, 0.5) is 11.6 Å². The van der Waals surface area contributed by atoms with Gasteiger partial charge in [0.1, 0.15) is 11.2 Å². The highest BCUT2D eigenvalue weighted by Crippen LogP contribution is 2.24. The summed E-state index contributed by atoms with van der Waals surface area (Å²) >= 11 is 0. The maximum Gasteiger partial charge on any atom is 0.337 e. The predicted molar refractivity (Wildman–Crippen MR) is 159 cm³/mol. The van der Waals surface area contributed by atoms with E-state index in [-0.39, 0.29) is 11.9 Å². The Kier molecular flexibility index (Phi) is 10.9. The van der Waals surface area contributed by atoms with Crippen LogP contribution in [0.15, 0.2) is 36.4 Å². The third-order valence-corrected chi connectivity index (χ3v) is 7.53. The Morgan fingerprint density at radius 3 is 2.25 bits per heavy atom. The third kappa shape index (κ3) is 7.59. The summed E-state index contributed by atoms with van der Waals surface area (Å²) in [6, 6.07) is 10.8. The number of unbranched alkanes of at least 4 members (excludes halogenated alkanes) is 2. The second-order valence-electron chi connectivity index (χ2n) is 10.6. The molecule has 1 N–H and O–H groups in total. The Bertz CT molecular complexity index is 1240. The lowest BCUT2D eigenvalue weighted by atomic mass is 10.1. The van der Waals surface area contributed by atoms with Crippen LogP contribution in [0.3, 0.4) is 0 Å². The summed E-state index contributed by atoms with van der Waals surface area (Å²) in [5.74, 6) is 0.285. The summed E-state index contributed by atoms with van der Waals surface area (Å²) < 4.78 is 6.91. The summed E-state index contributed by atoms with van der Waals surface area (Å²) in [6.07, 6.45) is 8.86. The molecule has 0 bridgehead atoms. The van der Waals surface area contributed by atoms with E-state index in [2.05, 4.69) is 28.6 Å². The zero-order valence-corrected chi connectivity index (χ0v) is 24.3. The van der Waals surface area contributed by atoms with Gasteiger partial charge in [0.25, 0.3) is 5.91 Å². The molecule has 1 amide bonds. The first-order valence-electron chi connectivity index (χ1n) is 14.9. The molecule has 0 radical (unpaired) electrons. The van der Waals surface area contributed by atoms with Crippen LogP contribution in [0, 0.1) is 0 Å². The van der Waals surface area contributed by atoms with Gasteiger partial charge in [0, 0.05) is 25.3 Å². The van der Waals surface area contributed by atoms with Gasteiger partial charge in [-0.15, -0.1) is 0 Å². The molecule has 9 heteroatoms. The maximum atomic E-state index is 13.5. The number of carbonyl (C=O) groups excluding carboxylic acids is 2. The summed E-state index contributed by atoms with van der Waals surface area (Å²) in [6.45, 7) is 9.86. The number of rotatable bonds is 14. The Hall–Kier alpha value is -3.46. The number of imidazole rings is 1. The Morgan fingerprint density at radius 2 is 1.60 bits per heavy atom. The highest BCUT2D eigenvalue weighted by Gasteiger charge is 2.20. The van der Waals surface area contributed by atoms with E-state index in [0.29, 0.717) is 22.9 Å². The lowest BCUT2D eigenvalue weighted by Crippen LogP contribution is -2.33. The fourth-order valence-electron chi connectivity index (χ4n) is 5.17. The minimum absolute atomic E-state index is 0.0159. The molecular weight excluding hydrogens is 504 g/mol. The van der Waals surface area contributed by atoms with Gasteiger partial charge in [-0.25, -0.2) is 14.8 Å². The zero-order chi connectivity index (χ0) is 28.3. The van der Waals surface area contributed by atoms with Gasteiger partial charge in [-0.05, 0) is 88.1 Å². The number of likely N-dealkylation sites (tertiary alicyclic amines) is 1. The van der Waals surface area contributed by atoms with Crippen molar-refractivity contribution < 1.29 is 14.3 Å². The first-order chi connectivity index (χ1) is 19.5. The predicted octanol–water partition coefficient (Wildman–Crippen LogP) is 5.88. The van der Waals surface area contributed by atoms with Crippen molar-refractivity contribution in [2.45, 2.75) is 71.8 Å². The topological polar surface area (TPSA) is 92.6 Å². The van der Waals surface area contributed by atoms with Crippen molar-refractivity contribution in [3.05, 3.63) is 47.7 Å². The molecule has 0 aliphatic carbocycles. The van der Waals surface area contributed by atoms with Crippen molar-refractivity contribution >= 4 is 34.7 Å². The number of aryl methyl sites for hydroxylation is 1. The molecule has 0 spiro atoms. The molecule has 2 aromatic heterocycles. The lowest BCUT2D eigenvalue weighted by molar-refractivity contribution is 0.0600. The second kappa shape index (κ2) is 14.8. The minimum Gasteiger partial charge on any atom is -0.465 e. The number of ether oxygens (including phenoxy) is 1. The Morgan fingerprint density at radius 1 is 0.900 bits per heavy atom. The maximum absolute atomic E-state index is 13.5. The molecule has 3 heterocycles. The van der Waals surface area contributed by atoms with Gasteiger partial charge >= 0.3 is 5.97 Å². The SMILES string of the molecule is CCCCN(CCCC)C(=O)c1ccc2nc(Nc3ccc(C(=O)OC)cc3)n(CCCN3CCCCC3)c2n1. The van der Waals surface area contributed by atoms with Crippen LogP contribution in [-0.2, 0) is 11.3 Å². The van der Waals surface area contributed by atoms with Crippen LogP contribution in [0.1, 0.15) is 86.1 Å². The largest absolute Gasteiger partial charge is 0.465 e. The van der Waals surface area contributed by atoms with E-state index in [1.54, 1.807) is 18.2 Å². The number of carbonyl (C=O) groups is 2. The van der Waals surface area contributed by atoms with E-state index in [4.69, 9.17) is 14.7 Å². The lowest BCUT2D eigenvalue weighted by Gasteiger charge is -2.26. The van der Waals surface area contributed by atoms with E-state index in [1.165, 1.54) is 26.4 Å². The van der Waals surface area contributed by atoms with Gasteiger partial charge in [0.05, 0.1) is 12.7 Å². The van der Waals surface area contributed by atoms with Crippen molar-refractivity contribution in [1.82, 2.24) is 24.3 Å². The van der Waals surface area contributed by atoms with Crippen LogP contribution < -0.4 is 5.32 Å². The van der Waals surface area contributed by atoms with E-state index < -0.39 is 0 Å². The van der Waals surface area contributed by atoms with E-state index >= 15 is 0 Å². The first-order valence-corrected chi connectivity index (χ1v) is 14.9. The van der Waals surface area contributed by atoms with E-state index in [9.17, 15) is 9.59 Å². The number of benzene rings is 1. The Balaban J connectivity index is 1.61. The molecule has 1 aliphatic heterocycles. The van der Waals surface area contributed by atoms with Crippen LogP contribution in [0.2, 0.25) is 0 Å². The highest BCUT2D eigenvalue weighted by molar-refractivity contribution is 5.94. The molecule has 1 saturated heterocycles.